The molecule has 7 nitrogen and oxygen atoms in total. The largest absolute Gasteiger partial charge is 0.342 e. The number of anilines is 1. The number of aromatic nitrogens is 3. The van der Waals surface area contributed by atoms with Crippen LogP contribution in [-0.2, 0) is 11.8 Å². The molecule has 2 N–H and O–H groups in total. The van der Waals surface area contributed by atoms with E-state index in [1.807, 2.05) is 38.2 Å². The van der Waals surface area contributed by atoms with Crippen molar-refractivity contribution in [1.82, 2.24) is 20.1 Å². The van der Waals surface area contributed by atoms with E-state index in [1.54, 1.807) is 16.7 Å². The molecule has 0 fully saturated rings. The van der Waals surface area contributed by atoms with Crippen LogP contribution < -0.4 is 10.6 Å². The molecule has 1 atom stereocenters. The molecule has 0 aliphatic rings. The quantitative estimate of drug-likeness (QED) is 0.355. The van der Waals surface area contributed by atoms with E-state index in [4.69, 9.17) is 23.2 Å². The van der Waals surface area contributed by atoms with Crippen LogP contribution >= 0.6 is 35.0 Å². The lowest BCUT2D eigenvalue weighted by Gasteiger charge is -2.20. The van der Waals surface area contributed by atoms with Gasteiger partial charge in [-0.15, -0.1) is 10.2 Å². The molecular weight excluding hydrogens is 493 g/mol. The van der Waals surface area contributed by atoms with Gasteiger partial charge in [0.25, 0.3) is 5.91 Å². The summed E-state index contributed by atoms with van der Waals surface area (Å²) in [5.41, 5.74) is 2.16. The van der Waals surface area contributed by atoms with Crippen molar-refractivity contribution < 1.29 is 9.59 Å². The summed E-state index contributed by atoms with van der Waals surface area (Å²) in [5, 5.41) is 15.8. The highest BCUT2D eigenvalue weighted by molar-refractivity contribution is 7.99. The first-order valence-electron chi connectivity index (χ1n) is 10.8. The fourth-order valence-electron chi connectivity index (χ4n) is 3.42. The maximum Gasteiger partial charge on any atom is 0.253 e. The molecule has 0 spiro atoms. The number of carbonyl (C=O) groups excluding carboxylic acids is 2. The van der Waals surface area contributed by atoms with Crippen LogP contribution in [0.25, 0.3) is 0 Å². The standard InChI is InChI=1S/C24H27Cl2N5O2S/c1-14(2)10-20(28-23(33)18-9-8-16(25)12-19(18)26)22-29-30-24(31(22)4)34-13-21(32)27-17-7-5-6-15(3)11-17/h5-9,11-12,14,20H,10,13H2,1-4H3,(H,27,32)(H,28,33)/t20-/m0/s1. The van der Waals surface area contributed by atoms with E-state index in [0.29, 0.717) is 33.9 Å². The van der Waals surface area contributed by atoms with Gasteiger partial charge in [0.2, 0.25) is 5.91 Å². The lowest BCUT2D eigenvalue weighted by Crippen LogP contribution is -2.31. The van der Waals surface area contributed by atoms with Gasteiger partial charge in [-0.2, -0.15) is 0 Å². The van der Waals surface area contributed by atoms with Crippen molar-refractivity contribution in [2.24, 2.45) is 13.0 Å². The van der Waals surface area contributed by atoms with Gasteiger partial charge in [0.05, 0.1) is 22.4 Å². The lowest BCUT2D eigenvalue weighted by molar-refractivity contribution is -0.113. The number of nitrogens with one attached hydrogen (secondary N) is 2. The summed E-state index contributed by atoms with van der Waals surface area (Å²) in [6.45, 7) is 6.10. The molecule has 2 aromatic carbocycles. The molecular formula is C24H27Cl2N5O2S. The number of halogens is 2. The van der Waals surface area contributed by atoms with Crippen LogP contribution in [0.4, 0.5) is 5.69 Å². The average Bonchev–Trinajstić information content (AvgIpc) is 3.11. The Morgan fingerprint density at radius 1 is 1.12 bits per heavy atom. The van der Waals surface area contributed by atoms with Crippen molar-refractivity contribution in [3.05, 3.63) is 69.5 Å². The van der Waals surface area contributed by atoms with Gasteiger partial charge < -0.3 is 15.2 Å². The number of nitrogens with zero attached hydrogens (tertiary/aromatic N) is 3. The summed E-state index contributed by atoms with van der Waals surface area (Å²) >= 11 is 13.4. The first-order chi connectivity index (χ1) is 16.1. The fraction of sp³-hybridized carbons (Fsp3) is 0.333. The van der Waals surface area contributed by atoms with Crippen molar-refractivity contribution in [3.8, 4) is 0 Å². The van der Waals surface area contributed by atoms with Gasteiger partial charge in [-0.25, -0.2) is 0 Å². The van der Waals surface area contributed by atoms with E-state index < -0.39 is 0 Å². The molecule has 1 aromatic heterocycles. The molecule has 0 bridgehead atoms. The van der Waals surface area contributed by atoms with Crippen LogP contribution in [0, 0.1) is 12.8 Å². The third-order valence-electron chi connectivity index (χ3n) is 5.00. The van der Waals surface area contributed by atoms with E-state index in [-0.39, 0.29) is 28.6 Å². The van der Waals surface area contributed by atoms with Gasteiger partial charge in [-0.05, 0) is 55.2 Å². The van der Waals surface area contributed by atoms with Crippen molar-refractivity contribution in [2.75, 3.05) is 11.1 Å². The number of amides is 2. The minimum Gasteiger partial charge on any atom is -0.342 e. The molecule has 3 aromatic rings. The monoisotopic (exact) mass is 519 g/mol. The predicted molar refractivity (Wildman–Crippen MR) is 138 cm³/mol. The second kappa shape index (κ2) is 11.7. The normalized spacial score (nSPS) is 12.0. The lowest BCUT2D eigenvalue weighted by atomic mass is 10.0. The Kier molecular flexibility index (Phi) is 8.99. The Morgan fingerprint density at radius 3 is 2.56 bits per heavy atom. The second-order valence-electron chi connectivity index (χ2n) is 8.39. The minimum absolute atomic E-state index is 0.135. The van der Waals surface area contributed by atoms with Crippen molar-refractivity contribution in [2.45, 2.75) is 38.4 Å². The van der Waals surface area contributed by atoms with Gasteiger partial charge >= 0.3 is 0 Å². The summed E-state index contributed by atoms with van der Waals surface area (Å²) < 4.78 is 1.81. The zero-order chi connectivity index (χ0) is 24.8. The van der Waals surface area contributed by atoms with Gasteiger partial charge in [0.1, 0.15) is 0 Å². The highest BCUT2D eigenvalue weighted by Crippen LogP contribution is 2.26. The summed E-state index contributed by atoms with van der Waals surface area (Å²) in [4.78, 5) is 25.3. The van der Waals surface area contributed by atoms with Crippen LogP contribution in [0.5, 0.6) is 0 Å². The molecule has 3 rings (SSSR count). The van der Waals surface area contributed by atoms with E-state index in [2.05, 4.69) is 34.7 Å². The molecule has 0 unspecified atom stereocenters. The number of rotatable bonds is 9. The van der Waals surface area contributed by atoms with Crippen LogP contribution in [0.3, 0.4) is 0 Å². The Labute approximate surface area is 213 Å². The van der Waals surface area contributed by atoms with Crippen molar-refractivity contribution >= 4 is 52.5 Å². The zero-order valence-electron chi connectivity index (χ0n) is 19.4. The molecule has 0 saturated carbocycles. The maximum absolute atomic E-state index is 12.9. The molecule has 2 amide bonds. The minimum atomic E-state index is -0.382. The number of aryl methyl sites for hydroxylation is 1. The molecule has 0 saturated heterocycles. The third kappa shape index (κ3) is 6.98. The molecule has 0 aliphatic heterocycles. The SMILES string of the molecule is Cc1cccc(NC(=O)CSc2nnc([C@H](CC(C)C)NC(=O)c3ccc(Cl)cc3Cl)n2C)c1. The summed E-state index contributed by atoms with van der Waals surface area (Å²) in [6.07, 6.45) is 0.654. The Bertz CT molecular complexity index is 1180. The van der Waals surface area contributed by atoms with Crippen LogP contribution in [-0.4, -0.2) is 32.3 Å². The highest BCUT2D eigenvalue weighted by Gasteiger charge is 2.24. The molecule has 0 aliphatic carbocycles. The fourth-order valence-corrected chi connectivity index (χ4v) is 4.63. The van der Waals surface area contributed by atoms with E-state index in [0.717, 1.165) is 11.3 Å². The van der Waals surface area contributed by atoms with Crippen molar-refractivity contribution in [3.63, 3.8) is 0 Å². The predicted octanol–water partition coefficient (Wildman–Crippen LogP) is 5.68. The third-order valence-corrected chi connectivity index (χ3v) is 6.57. The average molecular weight is 520 g/mol. The first-order valence-corrected chi connectivity index (χ1v) is 12.5. The summed E-state index contributed by atoms with van der Waals surface area (Å²) in [6, 6.07) is 12.0. The van der Waals surface area contributed by atoms with Crippen LogP contribution in [0.2, 0.25) is 10.0 Å². The molecule has 1 heterocycles. The van der Waals surface area contributed by atoms with Crippen LogP contribution in [0.1, 0.15) is 48.1 Å². The molecule has 0 radical (unpaired) electrons. The topological polar surface area (TPSA) is 88.9 Å². The molecule has 10 heteroatoms. The second-order valence-corrected chi connectivity index (χ2v) is 10.2. The highest BCUT2D eigenvalue weighted by atomic mass is 35.5. The number of hydrogen-bond donors (Lipinski definition) is 2. The smallest absolute Gasteiger partial charge is 0.253 e. The number of carbonyl (C=O) groups is 2. The van der Waals surface area contributed by atoms with Crippen molar-refractivity contribution in [1.29, 1.82) is 0 Å². The van der Waals surface area contributed by atoms with Crippen LogP contribution in [0.15, 0.2) is 47.6 Å². The summed E-state index contributed by atoms with van der Waals surface area (Å²) in [5.74, 6) is 0.626. The Morgan fingerprint density at radius 2 is 1.88 bits per heavy atom. The van der Waals surface area contributed by atoms with E-state index in [9.17, 15) is 9.59 Å². The Hall–Kier alpha value is -2.55. The van der Waals surface area contributed by atoms with Gasteiger partial charge in [0.15, 0.2) is 11.0 Å². The maximum atomic E-state index is 12.9. The summed E-state index contributed by atoms with van der Waals surface area (Å²) in [7, 11) is 1.82. The van der Waals surface area contributed by atoms with Gasteiger partial charge in [0, 0.05) is 17.8 Å². The molecule has 180 valence electrons. The molecule has 34 heavy (non-hydrogen) atoms. The van der Waals surface area contributed by atoms with E-state index in [1.165, 1.54) is 17.8 Å². The van der Waals surface area contributed by atoms with Gasteiger partial charge in [-0.3, -0.25) is 9.59 Å². The number of benzene rings is 2. The van der Waals surface area contributed by atoms with E-state index >= 15 is 0 Å². The zero-order valence-corrected chi connectivity index (χ0v) is 21.8. The van der Waals surface area contributed by atoms with Gasteiger partial charge in [-0.1, -0.05) is 60.9 Å². The first kappa shape index (κ1) is 26.1. The number of thioether (sulfide) groups is 1. The number of hydrogen-bond acceptors (Lipinski definition) is 5. The Balaban J connectivity index is 1.70.